The minimum Gasteiger partial charge on any atom is -0.327 e. The first-order chi connectivity index (χ1) is 6.92. The van der Waals surface area contributed by atoms with Crippen molar-refractivity contribution in [2.75, 3.05) is 0 Å². The largest absolute Gasteiger partial charge is 0.327 e. The fourth-order valence-corrected chi connectivity index (χ4v) is 2.88. The molecule has 0 aromatic carbocycles. The Morgan fingerprint density at radius 1 is 1.27 bits per heavy atom. The molecule has 0 radical (unpaired) electrons. The molecule has 0 bridgehead atoms. The monoisotopic (exact) mass is 213 g/mol. The standard InChI is InChI=1S/C12H27N3/c1-5-6-7-8-9(15-14)12(4)10(13)11(12,2)3/h9-10,15H,5-8,13-14H2,1-4H3. The van der Waals surface area contributed by atoms with Gasteiger partial charge in [-0.05, 0) is 11.8 Å². The average Bonchev–Trinajstić information content (AvgIpc) is 2.58. The fourth-order valence-electron chi connectivity index (χ4n) is 2.88. The van der Waals surface area contributed by atoms with Crippen LogP contribution in [0.3, 0.4) is 0 Å². The first-order valence-electron chi connectivity index (χ1n) is 6.14. The van der Waals surface area contributed by atoms with Gasteiger partial charge in [-0.2, -0.15) is 0 Å². The van der Waals surface area contributed by atoms with Crippen LogP contribution in [0, 0.1) is 10.8 Å². The first kappa shape index (κ1) is 12.9. The molecule has 3 nitrogen and oxygen atoms in total. The van der Waals surface area contributed by atoms with Gasteiger partial charge >= 0.3 is 0 Å². The third-order valence-corrected chi connectivity index (χ3v) is 4.75. The molecule has 0 aliphatic heterocycles. The van der Waals surface area contributed by atoms with E-state index < -0.39 is 0 Å². The summed E-state index contributed by atoms with van der Waals surface area (Å²) in [7, 11) is 0. The number of nitrogens with one attached hydrogen (secondary N) is 1. The van der Waals surface area contributed by atoms with E-state index in [0.717, 1.165) is 6.42 Å². The van der Waals surface area contributed by atoms with Gasteiger partial charge in [0, 0.05) is 17.5 Å². The van der Waals surface area contributed by atoms with Crippen LogP contribution in [0.2, 0.25) is 0 Å². The number of hydrogen-bond acceptors (Lipinski definition) is 3. The Hall–Kier alpha value is -0.120. The maximum atomic E-state index is 6.16. The highest BCUT2D eigenvalue weighted by Crippen LogP contribution is 2.64. The van der Waals surface area contributed by atoms with Crippen molar-refractivity contribution in [2.45, 2.75) is 65.5 Å². The summed E-state index contributed by atoms with van der Waals surface area (Å²) in [4.78, 5) is 0. The molecule has 3 unspecified atom stereocenters. The molecule has 3 heteroatoms. The van der Waals surface area contributed by atoms with Gasteiger partial charge in [-0.15, -0.1) is 0 Å². The summed E-state index contributed by atoms with van der Waals surface area (Å²) >= 11 is 0. The van der Waals surface area contributed by atoms with E-state index in [4.69, 9.17) is 11.6 Å². The zero-order chi connectivity index (χ0) is 11.7. The minimum atomic E-state index is 0.162. The molecule has 15 heavy (non-hydrogen) atoms. The summed E-state index contributed by atoms with van der Waals surface area (Å²) in [5, 5.41) is 0. The lowest BCUT2D eigenvalue weighted by molar-refractivity contribution is 0.272. The molecule has 3 atom stereocenters. The van der Waals surface area contributed by atoms with Crippen LogP contribution in [0.4, 0.5) is 0 Å². The Labute approximate surface area is 93.9 Å². The highest BCUT2D eigenvalue weighted by atomic mass is 15.3. The van der Waals surface area contributed by atoms with Crippen molar-refractivity contribution in [3.05, 3.63) is 0 Å². The molecule has 1 aliphatic carbocycles. The van der Waals surface area contributed by atoms with Crippen molar-refractivity contribution in [1.29, 1.82) is 0 Å². The van der Waals surface area contributed by atoms with E-state index in [0.29, 0.717) is 6.04 Å². The van der Waals surface area contributed by atoms with E-state index in [-0.39, 0.29) is 16.9 Å². The van der Waals surface area contributed by atoms with Crippen LogP contribution >= 0.6 is 0 Å². The smallest absolute Gasteiger partial charge is 0.0285 e. The van der Waals surface area contributed by atoms with Crippen molar-refractivity contribution in [1.82, 2.24) is 5.43 Å². The van der Waals surface area contributed by atoms with Gasteiger partial charge in [0.05, 0.1) is 0 Å². The van der Waals surface area contributed by atoms with E-state index in [9.17, 15) is 0 Å². The summed E-state index contributed by atoms with van der Waals surface area (Å²) < 4.78 is 0. The van der Waals surface area contributed by atoms with E-state index in [2.05, 4.69) is 33.1 Å². The lowest BCUT2D eigenvalue weighted by atomic mass is 9.87. The second-order valence-corrected chi connectivity index (χ2v) is 5.70. The highest BCUT2D eigenvalue weighted by Gasteiger charge is 2.69. The molecule has 0 heterocycles. The molecule has 1 fully saturated rings. The zero-order valence-electron chi connectivity index (χ0n) is 10.6. The average molecular weight is 213 g/mol. The van der Waals surface area contributed by atoms with Crippen molar-refractivity contribution < 1.29 is 0 Å². The van der Waals surface area contributed by atoms with Gasteiger partial charge in [0.2, 0.25) is 0 Å². The predicted molar refractivity (Wildman–Crippen MR) is 65.1 cm³/mol. The summed E-state index contributed by atoms with van der Waals surface area (Å²) in [5.74, 6) is 5.66. The first-order valence-corrected chi connectivity index (χ1v) is 6.14. The summed E-state index contributed by atoms with van der Waals surface area (Å²) in [5.41, 5.74) is 9.51. The Balaban J connectivity index is 2.53. The number of nitrogens with two attached hydrogens (primary N) is 2. The van der Waals surface area contributed by atoms with Crippen LogP contribution in [0.25, 0.3) is 0 Å². The molecular weight excluding hydrogens is 186 g/mol. The normalized spacial score (nSPS) is 35.2. The summed E-state index contributed by atoms with van der Waals surface area (Å²) in [6.07, 6.45) is 4.91. The predicted octanol–water partition coefficient (Wildman–Crippen LogP) is 1.77. The molecule has 0 aromatic rings. The van der Waals surface area contributed by atoms with E-state index in [1.807, 2.05) is 0 Å². The van der Waals surface area contributed by atoms with Gasteiger partial charge in [-0.25, -0.2) is 0 Å². The van der Waals surface area contributed by atoms with Crippen molar-refractivity contribution >= 4 is 0 Å². The van der Waals surface area contributed by atoms with Crippen LogP contribution in [-0.4, -0.2) is 12.1 Å². The van der Waals surface area contributed by atoms with E-state index in [1.54, 1.807) is 0 Å². The molecule has 5 N–H and O–H groups in total. The van der Waals surface area contributed by atoms with Crippen LogP contribution in [-0.2, 0) is 0 Å². The van der Waals surface area contributed by atoms with Crippen LogP contribution in [0.1, 0.15) is 53.4 Å². The maximum absolute atomic E-state index is 6.16. The van der Waals surface area contributed by atoms with Gasteiger partial charge in [-0.1, -0.05) is 47.0 Å². The molecule has 90 valence electrons. The number of rotatable bonds is 6. The Kier molecular flexibility index (Phi) is 3.80. The molecule has 0 saturated heterocycles. The number of hydrogen-bond donors (Lipinski definition) is 3. The minimum absolute atomic E-state index is 0.162. The van der Waals surface area contributed by atoms with Crippen LogP contribution in [0.5, 0.6) is 0 Å². The van der Waals surface area contributed by atoms with Crippen molar-refractivity contribution in [3.8, 4) is 0 Å². The van der Waals surface area contributed by atoms with Gasteiger partial charge in [0.15, 0.2) is 0 Å². The highest BCUT2D eigenvalue weighted by molar-refractivity contribution is 5.22. The lowest BCUT2D eigenvalue weighted by Gasteiger charge is -2.26. The molecule has 0 amide bonds. The molecular formula is C12H27N3. The fraction of sp³-hybridized carbons (Fsp3) is 1.00. The Bertz CT molecular complexity index is 215. The Morgan fingerprint density at radius 2 is 1.80 bits per heavy atom. The lowest BCUT2D eigenvalue weighted by Crippen LogP contribution is -2.44. The molecule has 0 spiro atoms. The van der Waals surface area contributed by atoms with Crippen molar-refractivity contribution in [3.63, 3.8) is 0 Å². The SMILES string of the molecule is CCCCCC(NN)C1(C)C(N)C1(C)C. The second-order valence-electron chi connectivity index (χ2n) is 5.70. The molecule has 1 rings (SSSR count). The van der Waals surface area contributed by atoms with E-state index >= 15 is 0 Å². The molecule has 1 saturated carbocycles. The second kappa shape index (κ2) is 4.40. The summed E-state index contributed by atoms with van der Waals surface area (Å²) in [6.45, 7) is 8.96. The summed E-state index contributed by atoms with van der Waals surface area (Å²) in [6, 6.07) is 0.627. The number of hydrazine groups is 1. The third kappa shape index (κ3) is 1.93. The zero-order valence-corrected chi connectivity index (χ0v) is 10.6. The number of unbranched alkanes of at least 4 members (excludes halogenated alkanes) is 2. The van der Waals surface area contributed by atoms with Crippen LogP contribution < -0.4 is 17.0 Å². The van der Waals surface area contributed by atoms with E-state index in [1.165, 1.54) is 19.3 Å². The topological polar surface area (TPSA) is 64.1 Å². The maximum Gasteiger partial charge on any atom is 0.0285 e. The van der Waals surface area contributed by atoms with Gasteiger partial charge in [0.25, 0.3) is 0 Å². The quantitative estimate of drug-likeness (QED) is 0.358. The Morgan fingerprint density at radius 3 is 2.13 bits per heavy atom. The molecule has 1 aliphatic rings. The van der Waals surface area contributed by atoms with Gasteiger partial charge in [-0.3, -0.25) is 11.3 Å². The van der Waals surface area contributed by atoms with Gasteiger partial charge in [0.1, 0.15) is 0 Å². The van der Waals surface area contributed by atoms with Crippen molar-refractivity contribution in [2.24, 2.45) is 22.4 Å². The molecule has 0 aromatic heterocycles. The van der Waals surface area contributed by atoms with Gasteiger partial charge < -0.3 is 5.73 Å². The van der Waals surface area contributed by atoms with Crippen LogP contribution in [0.15, 0.2) is 0 Å². The third-order valence-electron chi connectivity index (χ3n) is 4.75.